The Kier molecular flexibility index (Phi) is 10.8. The monoisotopic (exact) mass is 562 g/mol. The maximum atomic E-state index is 12.6. The van der Waals surface area contributed by atoms with Gasteiger partial charge in [-0.25, -0.2) is 9.59 Å². The summed E-state index contributed by atoms with van der Waals surface area (Å²) in [5.74, 6) is -2.84. The first-order chi connectivity index (χ1) is 20.5. The lowest BCUT2D eigenvalue weighted by molar-refractivity contribution is -0.145. The lowest BCUT2D eigenvalue weighted by Crippen LogP contribution is -2.33. The van der Waals surface area contributed by atoms with Gasteiger partial charge in [-0.1, -0.05) is 121 Å². The summed E-state index contributed by atoms with van der Waals surface area (Å²) in [6, 6.07) is 36.8. The van der Waals surface area contributed by atoms with Crippen molar-refractivity contribution in [2.75, 3.05) is 13.2 Å². The summed E-state index contributed by atoms with van der Waals surface area (Å²) in [5, 5.41) is 5.73. The van der Waals surface area contributed by atoms with Gasteiger partial charge in [0.1, 0.15) is 0 Å². The van der Waals surface area contributed by atoms with Gasteiger partial charge in [-0.3, -0.25) is 9.59 Å². The van der Waals surface area contributed by atoms with Crippen molar-refractivity contribution in [3.05, 3.63) is 156 Å². The average Bonchev–Trinajstić information content (AvgIpc) is 3.04. The first kappa shape index (κ1) is 29.5. The molecule has 0 saturated carbocycles. The van der Waals surface area contributed by atoms with E-state index in [9.17, 15) is 19.2 Å². The van der Waals surface area contributed by atoms with Crippen LogP contribution in [0.2, 0.25) is 0 Å². The molecule has 2 amide bonds. The first-order valence-electron chi connectivity index (χ1n) is 13.3. The minimum atomic E-state index is -0.907. The van der Waals surface area contributed by atoms with E-state index >= 15 is 0 Å². The molecular formula is C34H30N2O6. The third-order valence-corrected chi connectivity index (χ3v) is 6.19. The van der Waals surface area contributed by atoms with E-state index in [2.05, 4.69) is 10.6 Å². The summed E-state index contributed by atoms with van der Waals surface area (Å²) in [7, 11) is 0. The van der Waals surface area contributed by atoms with Crippen LogP contribution in [0, 0.1) is 0 Å². The van der Waals surface area contributed by atoms with Crippen LogP contribution in [0.1, 0.15) is 34.3 Å². The smallest absolute Gasteiger partial charge is 0.331 e. The topological polar surface area (TPSA) is 111 Å². The standard InChI is InChI=1S/C34H30N2O6/c37-29(35-33(25-13-5-1-6-14-25)26-15-7-2-8-16-26)23-41-31(39)21-22-32(40)42-24-30(38)36-34(27-17-9-3-10-18-27)28-19-11-4-12-20-28/h1-22,33-34H,23-24H2,(H,35,37)(H,36,38). The lowest BCUT2D eigenvalue weighted by atomic mass is 9.99. The van der Waals surface area contributed by atoms with Crippen molar-refractivity contribution in [3.8, 4) is 0 Å². The van der Waals surface area contributed by atoms with Gasteiger partial charge < -0.3 is 20.1 Å². The number of nitrogens with one attached hydrogen (secondary N) is 2. The number of benzene rings is 4. The second-order valence-electron chi connectivity index (χ2n) is 9.19. The molecule has 8 heteroatoms. The minimum Gasteiger partial charge on any atom is -0.452 e. The fraction of sp³-hybridized carbons (Fsp3) is 0.118. The van der Waals surface area contributed by atoms with Crippen molar-refractivity contribution in [2.45, 2.75) is 12.1 Å². The van der Waals surface area contributed by atoms with E-state index < -0.39 is 49.1 Å². The summed E-state index contributed by atoms with van der Waals surface area (Å²) >= 11 is 0. The SMILES string of the molecule is O=C(COC(=O)C=CC(=O)OCC(=O)NC(c1ccccc1)c1ccccc1)NC(c1ccccc1)c1ccccc1. The number of esters is 2. The van der Waals surface area contributed by atoms with Gasteiger partial charge in [0.05, 0.1) is 12.1 Å². The van der Waals surface area contributed by atoms with Crippen molar-refractivity contribution in [3.63, 3.8) is 0 Å². The van der Waals surface area contributed by atoms with Crippen LogP contribution in [-0.2, 0) is 28.7 Å². The largest absolute Gasteiger partial charge is 0.452 e. The normalized spacial score (nSPS) is 10.8. The van der Waals surface area contributed by atoms with E-state index in [4.69, 9.17) is 9.47 Å². The molecule has 212 valence electrons. The molecule has 2 N–H and O–H groups in total. The molecule has 0 bridgehead atoms. The van der Waals surface area contributed by atoms with Gasteiger partial charge in [0, 0.05) is 12.2 Å². The highest BCUT2D eigenvalue weighted by atomic mass is 16.5. The van der Waals surface area contributed by atoms with Crippen LogP contribution in [0.25, 0.3) is 0 Å². The Morgan fingerprint density at radius 2 is 0.738 bits per heavy atom. The second kappa shape index (κ2) is 15.3. The molecule has 0 aliphatic rings. The maximum Gasteiger partial charge on any atom is 0.331 e. The van der Waals surface area contributed by atoms with E-state index in [1.807, 2.05) is 121 Å². The van der Waals surface area contributed by atoms with Gasteiger partial charge in [0.25, 0.3) is 11.8 Å². The van der Waals surface area contributed by atoms with E-state index in [0.717, 1.165) is 34.4 Å². The van der Waals surface area contributed by atoms with Crippen LogP contribution in [-0.4, -0.2) is 37.0 Å². The highest BCUT2D eigenvalue weighted by Crippen LogP contribution is 2.22. The second-order valence-corrected chi connectivity index (χ2v) is 9.19. The molecule has 0 aromatic heterocycles. The molecule has 0 unspecified atom stereocenters. The van der Waals surface area contributed by atoms with Gasteiger partial charge in [-0.05, 0) is 22.3 Å². The summed E-state index contributed by atoms with van der Waals surface area (Å²) in [4.78, 5) is 49.3. The number of amides is 2. The lowest BCUT2D eigenvalue weighted by Gasteiger charge is -2.19. The molecule has 0 aliphatic carbocycles. The Hall–Kier alpha value is -5.50. The quantitative estimate of drug-likeness (QED) is 0.195. The molecule has 4 aromatic rings. The van der Waals surface area contributed by atoms with E-state index in [1.165, 1.54) is 0 Å². The van der Waals surface area contributed by atoms with Crippen LogP contribution >= 0.6 is 0 Å². The van der Waals surface area contributed by atoms with Crippen molar-refractivity contribution < 1.29 is 28.7 Å². The van der Waals surface area contributed by atoms with Crippen LogP contribution in [0.3, 0.4) is 0 Å². The molecule has 0 heterocycles. The number of hydrogen-bond acceptors (Lipinski definition) is 6. The number of carbonyl (C=O) groups excluding carboxylic acids is 4. The van der Waals surface area contributed by atoms with Gasteiger partial charge in [-0.15, -0.1) is 0 Å². The number of carbonyl (C=O) groups is 4. The molecule has 0 saturated heterocycles. The zero-order valence-corrected chi connectivity index (χ0v) is 22.7. The van der Waals surface area contributed by atoms with Crippen molar-refractivity contribution in [1.82, 2.24) is 10.6 Å². The Balaban J connectivity index is 1.24. The zero-order valence-electron chi connectivity index (χ0n) is 22.7. The Morgan fingerprint density at radius 3 is 1.00 bits per heavy atom. The fourth-order valence-electron chi connectivity index (χ4n) is 4.21. The van der Waals surface area contributed by atoms with E-state index in [-0.39, 0.29) is 0 Å². The van der Waals surface area contributed by atoms with Crippen LogP contribution < -0.4 is 10.6 Å². The molecule has 4 aromatic carbocycles. The van der Waals surface area contributed by atoms with Crippen LogP contribution in [0.15, 0.2) is 133 Å². The molecule has 0 radical (unpaired) electrons. The van der Waals surface area contributed by atoms with Crippen LogP contribution in [0.5, 0.6) is 0 Å². The highest BCUT2D eigenvalue weighted by Gasteiger charge is 2.19. The van der Waals surface area contributed by atoms with E-state index in [1.54, 1.807) is 0 Å². The molecule has 0 aliphatic heterocycles. The summed E-state index contributed by atoms with van der Waals surface area (Å²) in [6.07, 6.45) is 1.69. The average molecular weight is 563 g/mol. The Bertz CT molecular complexity index is 1300. The first-order valence-corrected chi connectivity index (χ1v) is 13.3. The Labute approximate surface area is 244 Å². The third-order valence-electron chi connectivity index (χ3n) is 6.19. The molecule has 42 heavy (non-hydrogen) atoms. The molecule has 0 spiro atoms. The molecule has 0 fully saturated rings. The van der Waals surface area contributed by atoms with Crippen molar-refractivity contribution >= 4 is 23.8 Å². The summed E-state index contributed by atoms with van der Waals surface area (Å²) < 4.78 is 9.96. The van der Waals surface area contributed by atoms with Gasteiger partial charge in [-0.2, -0.15) is 0 Å². The molecule has 4 rings (SSSR count). The predicted octanol–water partition coefficient (Wildman–Crippen LogP) is 4.44. The van der Waals surface area contributed by atoms with E-state index in [0.29, 0.717) is 0 Å². The number of ether oxygens (including phenoxy) is 2. The zero-order chi connectivity index (χ0) is 29.6. The predicted molar refractivity (Wildman–Crippen MR) is 157 cm³/mol. The maximum absolute atomic E-state index is 12.6. The third kappa shape index (κ3) is 9.02. The van der Waals surface area contributed by atoms with Crippen LogP contribution in [0.4, 0.5) is 0 Å². The highest BCUT2D eigenvalue weighted by molar-refractivity contribution is 5.93. The minimum absolute atomic E-state index is 0.432. The van der Waals surface area contributed by atoms with Crippen molar-refractivity contribution in [1.29, 1.82) is 0 Å². The number of rotatable bonds is 12. The summed E-state index contributed by atoms with van der Waals surface area (Å²) in [5.41, 5.74) is 3.48. The van der Waals surface area contributed by atoms with Gasteiger partial charge in [0.15, 0.2) is 13.2 Å². The Morgan fingerprint density at radius 1 is 0.476 bits per heavy atom. The molecular weight excluding hydrogens is 532 g/mol. The fourth-order valence-corrected chi connectivity index (χ4v) is 4.21. The van der Waals surface area contributed by atoms with Gasteiger partial charge >= 0.3 is 11.9 Å². The molecule has 8 nitrogen and oxygen atoms in total. The molecule has 0 atom stereocenters. The van der Waals surface area contributed by atoms with Crippen molar-refractivity contribution in [2.24, 2.45) is 0 Å². The summed E-state index contributed by atoms with van der Waals surface area (Å²) in [6.45, 7) is -1.09. The number of hydrogen-bond donors (Lipinski definition) is 2. The van der Waals surface area contributed by atoms with Gasteiger partial charge in [0.2, 0.25) is 0 Å².